The molecular weight excluding hydrogens is 412 g/mol. The molecule has 4 heterocycles. The Kier molecular flexibility index (Phi) is 5.92. The highest BCUT2D eigenvalue weighted by atomic mass is 16.2. The zero-order valence-electron chi connectivity index (χ0n) is 19.4. The van der Waals surface area contributed by atoms with Gasteiger partial charge in [-0.2, -0.15) is 0 Å². The number of aromatic nitrogens is 6. The molecule has 4 rings (SSSR count). The summed E-state index contributed by atoms with van der Waals surface area (Å²) < 4.78 is 3.79. The lowest BCUT2D eigenvalue weighted by Gasteiger charge is -2.22. The summed E-state index contributed by atoms with van der Waals surface area (Å²) in [5.74, 6) is 6.06. The third-order valence-electron chi connectivity index (χ3n) is 4.79. The first-order valence-corrected chi connectivity index (χ1v) is 10.2. The number of anilines is 1. The maximum Gasteiger partial charge on any atom is 0.288 e. The van der Waals surface area contributed by atoms with Gasteiger partial charge >= 0.3 is 0 Å². The van der Waals surface area contributed by atoms with Gasteiger partial charge in [0.2, 0.25) is 5.91 Å². The lowest BCUT2D eigenvalue weighted by atomic mass is 10.1. The number of imidazole rings is 2. The monoisotopic (exact) mass is 442 g/mol. The van der Waals surface area contributed by atoms with Crippen molar-refractivity contribution in [3.63, 3.8) is 0 Å². The number of carbonyl (C=O) groups is 2. The fraction of sp³-hybridized carbons (Fsp3) is 0.500. The number of nitrogen functional groups attached to an aromatic ring is 1. The number of rotatable bonds is 1. The SMILES string of the molecule is CC(C)(C)n1cnc2c1C(=O)NNC(=O)C2.Cc1nc(NN)c2ncn(C(C)(C)C)c2n1. The zero-order chi connectivity index (χ0) is 23.8. The Morgan fingerprint density at radius 1 is 0.969 bits per heavy atom. The second kappa shape index (κ2) is 8.19. The molecule has 5 N–H and O–H groups in total. The van der Waals surface area contributed by atoms with E-state index >= 15 is 0 Å². The van der Waals surface area contributed by atoms with Gasteiger partial charge in [0.05, 0.1) is 24.8 Å². The van der Waals surface area contributed by atoms with Crippen LogP contribution in [0.5, 0.6) is 0 Å². The molecule has 0 atom stereocenters. The van der Waals surface area contributed by atoms with Gasteiger partial charge in [0.25, 0.3) is 5.91 Å². The van der Waals surface area contributed by atoms with Gasteiger partial charge in [0.15, 0.2) is 17.0 Å². The summed E-state index contributed by atoms with van der Waals surface area (Å²) in [6, 6.07) is 0. The molecule has 0 bridgehead atoms. The van der Waals surface area contributed by atoms with E-state index in [9.17, 15) is 9.59 Å². The van der Waals surface area contributed by atoms with E-state index in [0.29, 0.717) is 28.5 Å². The Bertz CT molecular complexity index is 1160. The molecule has 0 fully saturated rings. The standard InChI is InChI=1S/C10H16N6.C10H14N4O2/c1-6-13-8(15-11)7-9(14-6)16(5-12-7)10(2,3)4;1-10(2,3)14-5-11-6-4-7(15)12-13-9(16)8(6)14/h5H,11H2,1-4H3,(H,13,14,15);5H,4H2,1-3H3,(H,12,15)(H,13,16). The molecule has 0 aromatic carbocycles. The molecule has 1 aliphatic rings. The van der Waals surface area contributed by atoms with Crippen LogP contribution in [0.1, 0.15) is 63.5 Å². The Balaban J connectivity index is 0.000000181. The molecule has 3 aromatic heterocycles. The van der Waals surface area contributed by atoms with Crippen molar-refractivity contribution in [3.8, 4) is 0 Å². The van der Waals surface area contributed by atoms with E-state index in [0.717, 1.165) is 5.65 Å². The fourth-order valence-electron chi connectivity index (χ4n) is 3.25. The Morgan fingerprint density at radius 3 is 2.19 bits per heavy atom. The van der Waals surface area contributed by atoms with Crippen molar-refractivity contribution < 1.29 is 9.59 Å². The van der Waals surface area contributed by atoms with Crippen LogP contribution >= 0.6 is 0 Å². The average molecular weight is 443 g/mol. The first-order chi connectivity index (χ1) is 14.8. The minimum atomic E-state index is -0.326. The van der Waals surface area contributed by atoms with Gasteiger partial charge in [0, 0.05) is 11.1 Å². The Labute approximate surface area is 186 Å². The van der Waals surface area contributed by atoms with Crippen LogP contribution in [-0.4, -0.2) is 40.9 Å². The zero-order valence-corrected chi connectivity index (χ0v) is 19.4. The highest BCUT2D eigenvalue weighted by Gasteiger charge is 2.28. The second-order valence-corrected chi connectivity index (χ2v) is 9.48. The number of carbonyl (C=O) groups excluding carboxylic acids is 2. The number of nitrogens with two attached hydrogens (primary N) is 1. The van der Waals surface area contributed by atoms with Crippen LogP contribution < -0.4 is 22.1 Å². The molecule has 0 saturated carbocycles. The van der Waals surface area contributed by atoms with Crippen LogP contribution in [0.15, 0.2) is 12.7 Å². The highest BCUT2D eigenvalue weighted by Crippen LogP contribution is 2.24. The normalized spacial score (nSPS) is 14.1. The van der Waals surface area contributed by atoms with Gasteiger partial charge in [-0.3, -0.25) is 20.4 Å². The molecule has 32 heavy (non-hydrogen) atoms. The molecule has 3 aromatic rings. The van der Waals surface area contributed by atoms with E-state index in [1.54, 1.807) is 17.2 Å². The van der Waals surface area contributed by atoms with E-state index in [-0.39, 0.29) is 29.3 Å². The largest absolute Gasteiger partial charge is 0.321 e. The summed E-state index contributed by atoms with van der Waals surface area (Å²) in [6.07, 6.45) is 3.49. The summed E-state index contributed by atoms with van der Waals surface area (Å²) in [5, 5.41) is 0. The summed E-state index contributed by atoms with van der Waals surface area (Å²) in [7, 11) is 0. The van der Waals surface area contributed by atoms with E-state index in [1.165, 1.54) is 0 Å². The van der Waals surface area contributed by atoms with Crippen molar-refractivity contribution in [2.45, 2.75) is 66.0 Å². The van der Waals surface area contributed by atoms with E-state index in [4.69, 9.17) is 5.84 Å². The van der Waals surface area contributed by atoms with Crippen LogP contribution in [0.3, 0.4) is 0 Å². The van der Waals surface area contributed by atoms with Crippen molar-refractivity contribution >= 4 is 28.8 Å². The highest BCUT2D eigenvalue weighted by molar-refractivity contribution is 5.98. The minimum absolute atomic E-state index is 0.0680. The summed E-state index contributed by atoms with van der Waals surface area (Å²) in [5.41, 5.74) is 9.36. The first-order valence-electron chi connectivity index (χ1n) is 10.2. The van der Waals surface area contributed by atoms with Gasteiger partial charge in [-0.1, -0.05) is 0 Å². The number of hydrogen-bond donors (Lipinski definition) is 4. The maximum absolute atomic E-state index is 11.8. The average Bonchev–Trinajstić information content (AvgIpc) is 3.26. The van der Waals surface area contributed by atoms with Crippen molar-refractivity contribution in [2.75, 3.05) is 5.43 Å². The molecule has 0 spiro atoms. The van der Waals surface area contributed by atoms with Gasteiger partial charge in [-0.05, 0) is 48.5 Å². The third kappa shape index (κ3) is 4.54. The molecule has 12 nitrogen and oxygen atoms in total. The number of nitrogens with one attached hydrogen (secondary N) is 3. The summed E-state index contributed by atoms with van der Waals surface area (Å²) in [4.78, 5) is 40.1. The number of aryl methyl sites for hydroxylation is 1. The van der Waals surface area contributed by atoms with Gasteiger partial charge in [-0.15, -0.1) is 0 Å². The topological polar surface area (TPSA) is 158 Å². The second-order valence-electron chi connectivity index (χ2n) is 9.48. The Morgan fingerprint density at radius 2 is 1.59 bits per heavy atom. The van der Waals surface area contributed by atoms with Crippen molar-refractivity contribution in [2.24, 2.45) is 5.84 Å². The molecule has 172 valence electrons. The molecule has 0 radical (unpaired) electrons. The minimum Gasteiger partial charge on any atom is -0.321 e. The van der Waals surface area contributed by atoms with Gasteiger partial charge < -0.3 is 14.6 Å². The predicted molar refractivity (Wildman–Crippen MR) is 119 cm³/mol. The number of fused-ring (bicyclic) bond motifs is 2. The molecular formula is C20H30N10O2. The quantitative estimate of drug-likeness (QED) is 0.322. The molecule has 0 saturated heterocycles. The van der Waals surface area contributed by atoms with Gasteiger partial charge in [0.1, 0.15) is 11.5 Å². The van der Waals surface area contributed by atoms with Crippen molar-refractivity contribution in [1.82, 2.24) is 39.9 Å². The first kappa shape index (κ1) is 23.1. The lowest BCUT2D eigenvalue weighted by Crippen LogP contribution is -2.41. The van der Waals surface area contributed by atoms with Crippen molar-refractivity contribution in [3.05, 3.63) is 29.9 Å². The number of hydrazine groups is 2. The van der Waals surface area contributed by atoms with Crippen LogP contribution in [0, 0.1) is 6.92 Å². The Hall–Kier alpha value is -3.54. The lowest BCUT2D eigenvalue weighted by molar-refractivity contribution is -0.121. The third-order valence-corrected chi connectivity index (χ3v) is 4.79. The van der Waals surface area contributed by atoms with Gasteiger partial charge in [-0.25, -0.2) is 25.8 Å². The molecule has 12 heteroatoms. The molecule has 1 aliphatic heterocycles. The number of nitrogens with zero attached hydrogens (tertiary/aromatic N) is 6. The van der Waals surface area contributed by atoms with Crippen LogP contribution in [0.2, 0.25) is 0 Å². The summed E-state index contributed by atoms with van der Waals surface area (Å²) >= 11 is 0. The van der Waals surface area contributed by atoms with Crippen LogP contribution in [-0.2, 0) is 22.3 Å². The van der Waals surface area contributed by atoms with Crippen LogP contribution in [0.25, 0.3) is 11.2 Å². The van der Waals surface area contributed by atoms with E-state index in [2.05, 4.69) is 57.0 Å². The number of hydrogen-bond acceptors (Lipinski definition) is 8. The molecule has 2 amide bonds. The predicted octanol–water partition coefficient (Wildman–Crippen LogP) is 1.13. The maximum atomic E-state index is 11.8. The summed E-state index contributed by atoms with van der Waals surface area (Å²) in [6.45, 7) is 14.1. The van der Waals surface area contributed by atoms with E-state index < -0.39 is 0 Å². The fourth-order valence-corrected chi connectivity index (χ4v) is 3.25. The smallest absolute Gasteiger partial charge is 0.288 e. The van der Waals surface area contributed by atoms with E-state index in [1.807, 2.05) is 32.3 Å². The molecule has 0 aliphatic carbocycles. The molecule has 0 unspecified atom stereocenters. The van der Waals surface area contributed by atoms with Crippen LogP contribution in [0.4, 0.5) is 5.82 Å². The van der Waals surface area contributed by atoms with Crippen molar-refractivity contribution in [1.29, 1.82) is 0 Å². The number of amides is 2.